The van der Waals surface area contributed by atoms with Crippen molar-refractivity contribution in [3.8, 4) is 5.88 Å². The van der Waals surface area contributed by atoms with E-state index in [2.05, 4.69) is 19.9 Å². The Morgan fingerprint density at radius 3 is 2.95 bits per heavy atom. The van der Waals surface area contributed by atoms with Gasteiger partial charge in [-0.15, -0.1) is 0 Å². The number of pyridine rings is 1. The number of rotatable bonds is 6. The van der Waals surface area contributed by atoms with Crippen LogP contribution in [0, 0.1) is 0 Å². The Hall–Kier alpha value is -1.88. The summed E-state index contributed by atoms with van der Waals surface area (Å²) in [6.07, 6.45) is 8.24. The van der Waals surface area contributed by atoms with Crippen LogP contribution in [0.3, 0.4) is 0 Å². The second-order valence-electron chi connectivity index (χ2n) is 4.88. The van der Waals surface area contributed by atoms with Crippen LogP contribution in [0.4, 0.5) is 0 Å². The van der Waals surface area contributed by atoms with Crippen LogP contribution in [0.5, 0.6) is 5.88 Å². The predicted molar refractivity (Wildman–Crippen MR) is 72.0 cm³/mol. The highest BCUT2D eigenvalue weighted by Crippen LogP contribution is 2.19. The van der Waals surface area contributed by atoms with Crippen molar-refractivity contribution in [3.05, 3.63) is 42.1 Å². The smallest absolute Gasteiger partial charge is 0.212 e. The second kappa shape index (κ2) is 5.40. The van der Waals surface area contributed by atoms with Crippen molar-refractivity contribution >= 4 is 0 Å². The molecule has 5 nitrogen and oxygen atoms in total. The molecule has 1 N–H and O–H groups in total. The molecule has 0 bridgehead atoms. The fourth-order valence-corrected chi connectivity index (χ4v) is 2.00. The van der Waals surface area contributed by atoms with E-state index in [1.165, 1.54) is 18.5 Å². The second-order valence-corrected chi connectivity index (χ2v) is 4.88. The fraction of sp³-hybridized carbons (Fsp3) is 0.429. The maximum Gasteiger partial charge on any atom is 0.212 e. The average Bonchev–Trinajstić information content (AvgIpc) is 3.18. The summed E-state index contributed by atoms with van der Waals surface area (Å²) in [5.41, 5.74) is 2.36. The van der Waals surface area contributed by atoms with Gasteiger partial charge in [-0.2, -0.15) is 0 Å². The minimum Gasteiger partial charge on any atom is -0.481 e. The molecule has 0 radical (unpaired) electrons. The van der Waals surface area contributed by atoms with Crippen LogP contribution in [-0.2, 0) is 13.1 Å². The lowest BCUT2D eigenvalue weighted by molar-refractivity contribution is 0.397. The zero-order valence-electron chi connectivity index (χ0n) is 11.0. The Balaban J connectivity index is 1.65. The molecule has 0 saturated heterocycles. The standard InChI is InChI=1S/C14H18N4O/c1-19-14-5-2-11(6-17-14)9-18-10-15-7-13(18)8-16-12-3-4-12/h2,5-7,10,12,16H,3-4,8-9H2,1H3. The molecule has 100 valence electrons. The molecule has 3 rings (SSSR count). The summed E-state index contributed by atoms with van der Waals surface area (Å²) in [7, 11) is 1.62. The van der Waals surface area contributed by atoms with Crippen LogP contribution < -0.4 is 10.1 Å². The van der Waals surface area contributed by atoms with Crippen molar-refractivity contribution in [1.29, 1.82) is 0 Å². The van der Waals surface area contributed by atoms with Gasteiger partial charge in [0.15, 0.2) is 0 Å². The fourth-order valence-electron chi connectivity index (χ4n) is 2.00. The normalized spacial score (nSPS) is 14.6. The predicted octanol–water partition coefficient (Wildman–Crippen LogP) is 1.59. The Labute approximate surface area is 112 Å². The van der Waals surface area contributed by atoms with Gasteiger partial charge < -0.3 is 14.6 Å². The van der Waals surface area contributed by atoms with Crippen LogP contribution in [0.2, 0.25) is 0 Å². The molecular weight excluding hydrogens is 240 g/mol. The van der Waals surface area contributed by atoms with Crippen molar-refractivity contribution < 1.29 is 4.74 Å². The SMILES string of the molecule is COc1ccc(Cn2cncc2CNC2CC2)cn1. The van der Waals surface area contributed by atoms with Gasteiger partial charge in [0, 0.05) is 31.0 Å². The summed E-state index contributed by atoms with van der Waals surface area (Å²) in [4.78, 5) is 8.45. The first-order valence-corrected chi connectivity index (χ1v) is 6.56. The highest BCUT2D eigenvalue weighted by Gasteiger charge is 2.20. The third kappa shape index (κ3) is 3.12. The summed E-state index contributed by atoms with van der Waals surface area (Å²) >= 11 is 0. The quantitative estimate of drug-likeness (QED) is 0.855. The van der Waals surface area contributed by atoms with E-state index in [4.69, 9.17) is 4.74 Å². The van der Waals surface area contributed by atoms with Crippen molar-refractivity contribution in [1.82, 2.24) is 19.9 Å². The number of ether oxygens (including phenoxy) is 1. The molecule has 2 aromatic rings. The van der Waals surface area contributed by atoms with Crippen molar-refractivity contribution in [2.45, 2.75) is 32.0 Å². The third-order valence-corrected chi connectivity index (χ3v) is 3.31. The maximum absolute atomic E-state index is 5.06. The first-order valence-electron chi connectivity index (χ1n) is 6.56. The number of aromatic nitrogens is 3. The van der Waals surface area contributed by atoms with Gasteiger partial charge in [-0.1, -0.05) is 6.07 Å². The van der Waals surface area contributed by atoms with Gasteiger partial charge in [-0.3, -0.25) is 0 Å². The summed E-state index contributed by atoms with van der Waals surface area (Å²) in [6.45, 7) is 1.67. The number of hydrogen-bond acceptors (Lipinski definition) is 4. The number of imidazole rings is 1. The Morgan fingerprint density at radius 1 is 1.37 bits per heavy atom. The number of hydrogen-bond donors (Lipinski definition) is 1. The molecule has 19 heavy (non-hydrogen) atoms. The van der Waals surface area contributed by atoms with Crippen molar-refractivity contribution in [2.75, 3.05) is 7.11 Å². The van der Waals surface area contributed by atoms with Crippen LogP contribution in [0.1, 0.15) is 24.1 Å². The Bertz CT molecular complexity index is 531. The molecule has 5 heteroatoms. The van der Waals surface area contributed by atoms with Crippen molar-refractivity contribution in [2.24, 2.45) is 0 Å². The molecule has 2 aromatic heterocycles. The molecule has 0 spiro atoms. The summed E-state index contributed by atoms with van der Waals surface area (Å²) in [5, 5.41) is 3.51. The molecule has 1 aliphatic carbocycles. The first-order chi connectivity index (χ1) is 9.35. The number of nitrogens with one attached hydrogen (secondary N) is 1. The molecule has 1 fully saturated rings. The van der Waals surface area contributed by atoms with E-state index in [1.807, 2.05) is 30.9 Å². The average molecular weight is 258 g/mol. The number of methoxy groups -OCH3 is 1. The molecule has 0 amide bonds. The summed E-state index contributed by atoms with van der Waals surface area (Å²) in [6, 6.07) is 4.63. The van der Waals surface area contributed by atoms with Crippen LogP contribution in [0.25, 0.3) is 0 Å². The molecule has 0 aliphatic heterocycles. The van der Waals surface area contributed by atoms with E-state index in [0.29, 0.717) is 11.9 Å². The van der Waals surface area contributed by atoms with Crippen LogP contribution >= 0.6 is 0 Å². The molecule has 1 saturated carbocycles. The molecule has 0 aromatic carbocycles. The molecular formula is C14H18N4O. The lowest BCUT2D eigenvalue weighted by Gasteiger charge is -2.09. The topological polar surface area (TPSA) is 52.0 Å². The van der Waals surface area contributed by atoms with Gasteiger partial charge in [0.25, 0.3) is 0 Å². The van der Waals surface area contributed by atoms with Crippen molar-refractivity contribution in [3.63, 3.8) is 0 Å². The first kappa shape index (κ1) is 12.2. The Kier molecular flexibility index (Phi) is 3.46. The van der Waals surface area contributed by atoms with E-state index < -0.39 is 0 Å². The van der Waals surface area contributed by atoms with Gasteiger partial charge in [0.1, 0.15) is 0 Å². The van der Waals surface area contributed by atoms with E-state index >= 15 is 0 Å². The van der Waals surface area contributed by atoms with E-state index in [0.717, 1.165) is 18.7 Å². The lowest BCUT2D eigenvalue weighted by Crippen LogP contribution is -2.18. The molecule has 0 unspecified atom stereocenters. The zero-order valence-corrected chi connectivity index (χ0v) is 11.0. The summed E-state index contributed by atoms with van der Waals surface area (Å²) in [5.74, 6) is 0.644. The molecule has 2 heterocycles. The van der Waals surface area contributed by atoms with E-state index in [1.54, 1.807) is 7.11 Å². The highest BCUT2D eigenvalue weighted by atomic mass is 16.5. The van der Waals surface area contributed by atoms with Gasteiger partial charge in [0.2, 0.25) is 5.88 Å². The monoisotopic (exact) mass is 258 g/mol. The van der Waals surface area contributed by atoms with Gasteiger partial charge in [0.05, 0.1) is 25.7 Å². The zero-order chi connectivity index (χ0) is 13.1. The molecule has 1 aliphatic rings. The minimum atomic E-state index is 0.644. The maximum atomic E-state index is 5.06. The highest BCUT2D eigenvalue weighted by molar-refractivity contribution is 5.18. The largest absolute Gasteiger partial charge is 0.481 e. The molecule has 0 atom stereocenters. The Morgan fingerprint density at radius 2 is 2.26 bits per heavy atom. The number of nitrogens with zero attached hydrogens (tertiary/aromatic N) is 3. The summed E-state index contributed by atoms with van der Waals surface area (Å²) < 4.78 is 7.21. The third-order valence-electron chi connectivity index (χ3n) is 3.31. The van der Waals surface area contributed by atoms with E-state index in [-0.39, 0.29) is 0 Å². The minimum absolute atomic E-state index is 0.644. The van der Waals surface area contributed by atoms with E-state index in [9.17, 15) is 0 Å². The lowest BCUT2D eigenvalue weighted by atomic mass is 10.3. The van der Waals surface area contributed by atoms with Gasteiger partial charge >= 0.3 is 0 Å². The van der Waals surface area contributed by atoms with Crippen LogP contribution in [-0.4, -0.2) is 27.7 Å². The van der Waals surface area contributed by atoms with Gasteiger partial charge in [-0.25, -0.2) is 9.97 Å². The van der Waals surface area contributed by atoms with Crippen LogP contribution in [0.15, 0.2) is 30.9 Å². The van der Waals surface area contributed by atoms with Gasteiger partial charge in [-0.05, 0) is 18.4 Å².